The molecule has 0 amide bonds. The monoisotopic (exact) mass is 274 g/mol. The van der Waals surface area contributed by atoms with Crippen molar-refractivity contribution >= 4 is 0 Å². The number of para-hydroxylation sites is 1. The fourth-order valence-corrected chi connectivity index (χ4v) is 1.67. The fourth-order valence-electron chi connectivity index (χ4n) is 1.67. The normalized spacial score (nSPS) is 13.5. The summed E-state index contributed by atoms with van der Waals surface area (Å²) in [6, 6.07) is 6.85. The largest absolute Gasteiger partial charge is 0.435 e. The summed E-state index contributed by atoms with van der Waals surface area (Å²) in [5.41, 5.74) is -0.651. The molecular weight excluding hydrogens is 264 g/mol. The van der Waals surface area contributed by atoms with Gasteiger partial charge in [-0.1, -0.05) is 18.2 Å². The van der Waals surface area contributed by atoms with Gasteiger partial charge in [0.1, 0.15) is 12.8 Å². The van der Waals surface area contributed by atoms with E-state index in [0.29, 0.717) is 0 Å². The quantitative estimate of drug-likeness (QED) is 0.874. The first-order chi connectivity index (χ1) is 8.93. The summed E-state index contributed by atoms with van der Waals surface area (Å²) >= 11 is 0. The number of nitrogens with zero attached hydrogens (tertiary/aromatic N) is 2. The number of aromatic nitrogens is 2. The lowest BCUT2D eigenvalue weighted by Gasteiger charge is -2.12. The van der Waals surface area contributed by atoms with Gasteiger partial charge in [0.2, 0.25) is 0 Å². The molecule has 0 bridgehead atoms. The Labute approximate surface area is 106 Å². The molecule has 7 heteroatoms. The van der Waals surface area contributed by atoms with Crippen molar-refractivity contribution in [2.45, 2.75) is 12.3 Å². The van der Waals surface area contributed by atoms with Gasteiger partial charge in [-0.05, 0) is 12.1 Å². The number of alkyl halides is 4. The van der Waals surface area contributed by atoms with Gasteiger partial charge >= 0.3 is 6.18 Å². The highest BCUT2D eigenvalue weighted by Gasteiger charge is 2.33. The molecule has 0 radical (unpaired) electrons. The second kappa shape index (κ2) is 5.00. The maximum atomic E-state index is 12.5. The van der Waals surface area contributed by atoms with E-state index in [-0.39, 0.29) is 11.3 Å². The maximum absolute atomic E-state index is 12.5. The van der Waals surface area contributed by atoms with Crippen LogP contribution >= 0.6 is 0 Å². The van der Waals surface area contributed by atoms with Crippen LogP contribution in [0.4, 0.5) is 17.6 Å². The van der Waals surface area contributed by atoms with E-state index in [2.05, 4.69) is 5.10 Å². The zero-order valence-corrected chi connectivity index (χ0v) is 9.60. The highest BCUT2D eigenvalue weighted by molar-refractivity contribution is 5.42. The van der Waals surface area contributed by atoms with Crippen LogP contribution in [0.15, 0.2) is 36.5 Å². The summed E-state index contributed by atoms with van der Waals surface area (Å²) in [4.78, 5) is 0. The minimum absolute atomic E-state index is 0.182. The molecule has 2 aromatic rings. The SMILES string of the molecule is OC(CF)c1ccccc1-n1ccc(C(F)(F)F)n1. The Balaban J connectivity index is 2.45. The molecule has 1 N–H and O–H groups in total. The third-order valence-electron chi connectivity index (χ3n) is 2.57. The van der Waals surface area contributed by atoms with Crippen molar-refractivity contribution in [3.05, 3.63) is 47.8 Å². The first-order valence-corrected chi connectivity index (χ1v) is 5.39. The first kappa shape index (κ1) is 13.5. The molecule has 3 nitrogen and oxygen atoms in total. The van der Waals surface area contributed by atoms with Gasteiger partial charge in [-0.15, -0.1) is 0 Å². The van der Waals surface area contributed by atoms with Crippen LogP contribution in [0.25, 0.3) is 5.69 Å². The Bertz CT molecular complexity index is 565. The van der Waals surface area contributed by atoms with E-state index in [1.165, 1.54) is 12.1 Å². The van der Waals surface area contributed by atoms with Gasteiger partial charge in [0.15, 0.2) is 5.69 Å². The van der Waals surface area contributed by atoms with Crippen molar-refractivity contribution in [2.75, 3.05) is 6.67 Å². The summed E-state index contributed by atoms with van der Waals surface area (Å²) < 4.78 is 50.8. The van der Waals surface area contributed by atoms with Gasteiger partial charge in [-0.3, -0.25) is 0 Å². The van der Waals surface area contributed by atoms with Crippen molar-refractivity contribution in [3.8, 4) is 5.69 Å². The van der Waals surface area contributed by atoms with Gasteiger partial charge in [-0.2, -0.15) is 18.3 Å². The summed E-state index contributed by atoms with van der Waals surface area (Å²) in [7, 11) is 0. The number of halogens is 4. The van der Waals surface area contributed by atoms with Crippen molar-refractivity contribution in [3.63, 3.8) is 0 Å². The lowest BCUT2D eigenvalue weighted by Crippen LogP contribution is -2.09. The minimum Gasteiger partial charge on any atom is -0.386 e. The molecule has 0 saturated heterocycles. The number of aliphatic hydroxyl groups excluding tert-OH is 1. The van der Waals surface area contributed by atoms with Crippen molar-refractivity contribution in [2.24, 2.45) is 0 Å². The number of benzene rings is 1. The van der Waals surface area contributed by atoms with E-state index in [1.807, 2.05) is 0 Å². The Kier molecular flexibility index (Phi) is 3.57. The average Bonchev–Trinajstić information content (AvgIpc) is 2.87. The molecule has 2 rings (SSSR count). The van der Waals surface area contributed by atoms with Crippen molar-refractivity contribution < 1.29 is 22.7 Å². The van der Waals surface area contributed by atoms with Crippen LogP contribution in [0.3, 0.4) is 0 Å². The van der Waals surface area contributed by atoms with Gasteiger partial charge in [0, 0.05) is 11.8 Å². The summed E-state index contributed by atoms with van der Waals surface area (Å²) in [5.74, 6) is 0. The second-order valence-electron chi connectivity index (χ2n) is 3.87. The molecule has 0 aliphatic rings. The molecule has 1 heterocycles. The first-order valence-electron chi connectivity index (χ1n) is 5.39. The predicted octanol–water partition coefficient (Wildman–Crippen LogP) is 2.89. The lowest BCUT2D eigenvalue weighted by molar-refractivity contribution is -0.141. The van der Waals surface area contributed by atoms with Crippen LogP contribution < -0.4 is 0 Å². The minimum atomic E-state index is -4.54. The fraction of sp³-hybridized carbons (Fsp3) is 0.250. The molecule has 19 heavy (non-hydrogen) atoms. The van der Waals surface area contributed by atoms with Gasteiger partial charge in [-0.25, -0.2) is 9.07 Å². The van der Waals surface area contributed by atoms with Crippen LogP contribution in [0.1, 0.15) is 17.4 Å². The molecule has 0 saturated carbocycles. The zero-order valence-electron chi connectivity index (χ0n) is 9.60. The number of aliphatic hydroxyl groups is 1. The summed E-state index contributed by atoms with van der Waals surface area (Å²) in [6.45, 7) is -1.02. The number of hydrogen-bond donors (Lipinski definition) is 1. The Morgan fingerprint density at radius 1 is 1.21 bits per heavy atom. The van der Waals surface area contributed by atoms with E-state index < -0.39 is 24.6 Å². The lowest BCUT2D eigenvalue weighted by atomic mass is 10.1. The van der Waals surface area contributed by atoms with E-state index in [0.717, 1.165) is 16.9 Å². The van der Waals surface area contributed by atoms with Gasteiger partial charge < -0.3 is 5.11 Å². The predicted molar refractivity (Wildman–Crippen MR) is 59.5 cm³/mol. The van der Waals surface area contributed by atoms with E-state index >= 15 is 0 Å². The smallest absolute Gasteiger partial charge is 0.386 e. The van der Waals surface area contributed by atoms with Crippen LogP contribution in [0.5, 0.6) is 0 Å². The van der Waals surface area contributed by atoms with E-state index in [1.54, 1.807) is 12.1 Å². The molecule has 0 fully saturated rings. The Morgan fingerprint density at radius 3 is 2.47 bits per heavy atom. The van der Waals surface area contributed by atoms with E-state index in [4.69, 9.17) is 0 Å². The van der Waals surface area contributed by atoms with E-state index in [9.17, 15) is 22.7 Å². The summed E-state index contributed by atoms with van der Waals surface area (Å²) in [6.07, 6.45) is -4.82. The third kappa shape index (κ3) is 2.76. The molecule has 0 spiro atoms. The topological polar surface area (TPSA) is 38.0 Å². The van der Waals surface area contributed by atoms with Crippen LogP contribution in [-0.4, -0.2) is 21.6 Å². The second-order valence-corrected chi connectivity index (χ2v) is 3.87. The zero-order chi connectivity index (χ0) is 14.0. The number of rotatable bonds is 3. The standard InChI is InChI=1S/C12H10F4N2O/c13-7-10(19)8-3-1-2-4-9(8)18-6-5-11(17-18)12(14,15)16/h1-6,10,19H,7H2. The van der Waals surface area contributed by atoms with Crippen molar-refractivity contribution in [1.82, 2.24) is 9.78 Å². The van der Waals surface area contributed by atoms with Crippen LogP contribution in [-0.2, 0) is 6.18 Å². The molecule has 1 aromatic carbocycles. The van der Waals surface area contributed by atoms with Crippen LogP contribution in [0, 0.1) is 0 Å². The highest BCUT2D eigenvalue weighted by Crippen LogP contribution is 2.29. The molecule has 0 aliphatic carbocycles. The highest BCUT2D eigenvalue weighted by atomic mass is 19.4. The van der Waals surface area contributed by atoms with Crippen molar-refractivity contribution in [1.29, 1.82) is 0 Å². The average molecular weight is 274 g/mol. The van der Waals surface area contributed by atoms with Gasteiger partial charge in [0.05, 0.1) is 5.69 Å². The maximum Gasteiger partial charge on any atom is 0.435 e. The molecule has 1 unspecified atom stereocenters. The molecule has 1 atom stereocenters. The van der Waals surface area contributed by atoms with Gasteiger partial charge in [0.25, 0.3) is 0 Å². The molecule has 0 aliphatic heterocycles. The molecular formula is C12H10F4N2O. The molecule has 102 valence electrons. The number of hydrogen-bond acceptors (Lipinski definition) is 2. The Morgan fingerprint density at radius 2 is 1.89 bits per heavy atom. The third-order valence-corrected chi connectivity index (χ3v) is 2.57. The Hall–Kier alpha value is -1.89. The molecule has 1 aromatic heterocycles. The summed E-state index contributed by atoms with van der Waals surface area (Å²) in [5, 5.41) is 12.9. The van der Waals surface area contributed by atoms with Crippen LogP contribution in [0.2, 0.25) is 0 Å².